The Kier molecular flexibility index (Phi) is 7.30. The van der Waals surface area contributed by atoms with E-state index in [9.17, 15) is 31.1 Å². The zero-order valence-electron chi connectivity index (χ0n) is 17.4. The third kappa shape index (κ3) is 6.66. The second kappa shape index (κ2) is 9.66. The van der Waals surface area contributed by atoms with Gasteiger partial charge in [0.2, 0.25) is 5.91 Å². The number of piperidine rings is 1. The van der Waals surface area contributed by atoms with Gasteiger partial charge in [0.15, 0.2) is 6.61 Å². The van der Waals surface area contributed by atoms with Crippen molar-refractivity contribution in [3.8, 4) is 5.75 Å². The number of aryl methyl sites for hydroxylation is 1. The number of anilines is 2. The van der Waals surface area contributed by atoms with Crippen LogP contribution in [-0.4, -0.2) is 36.8 Å². The van der Waals surface area contributed by atoms with Gasteiger partial charge in [-0.3, -0.25) is 4.79 Å². The van der Waals surface area contributed by atoms with Crippen LogP contribution in [0.4, 0.5) is 37.8 Å². The smallest absolute Gasteiger partial charge is 0.422 e. The van der Waals surface area contributed by atoms with Crippen molar-refractivity contribution < 1.29 is 35.9 Å². The summed E-state index contributed by atoms with van der Waals surface area (Å²) < 4.78 is 80.8. The molecule has 1 amide bonds. The summed E-state index contributed by atoms with van der Waals surface area (Å²) in [4.78, 5) is 18.2. The highest BCUT2D eigenvalue weighted by atomic mass is 35.5. The van der Waals surface area contributed by atoms with Gasteiger partial charge >= 0.3 is 12.4 Å². The lowest BCUT2D eigenvalue weighted by Gasteiger charge is -2.32. The number of aromatic nitrogens is 1. The molecule has 1 N–H and O–H groups in total. The molecule has 1 aromatic carbocycles. The molecule has 180 valence electrons. The highest BCUT2D eigenvalue weighted by Crippen LogP contribution is 2.35. The maximum Gasteiger partial charge on any atom is 0.422 e. The van der Waals surface area contributed by atoms with Crippen molar-refractivity contribution in [1.82, 2.24) is 4.98 Å². The number of carbonyl (C=O) groups excluding carboxylic acids is 1. The molecule has 5 nitrogen and oxygen atoms in total. The second-order valence-corrected chi connectivity index (χ2v) is 8.09. The van der Waals surface area contributed by atoms with Gasteiger partial charge < -0.3 is 15.0 Å². The Morgan fingerprint density at radius 3 is 2.42 bits per heavy atom. The Balaban J connectivity index is 1.62. The van der Waals surface area contributed by atoms with Crippen molar-refractivity contribution in [3.63, 3.8) is 0 Å². The van der Waals surface area contributed by atoms with E-state index in [4.69, 9.17) is 16.3 Å². The average molecular weight is 496 g/mol. The molecular formula is C21H20ClF6N3O2. The number of hydrogen-bond acceptors (Lipinski definition) is 4. The first-order chi connectivity index (χ1) is 15.3. The molecule has 0 bridgehead atoms. The second-order valence-electron chi connectivity index (χ2n) is 7.68. The van der Waals surface area contributed by atoms with Gasteiger partial charge in [0, 0.05) is 25.2 Å². The van der Waals surface area contributed by atoms with Crippen molar-refractivity contribution in [3.05, 3.63) is 46.6 Å². The molecule has 1 aliphatic heterocycles. The van der Waals surface area contributed by atoms with E-state index in [1.54, 1.807) is 17.9 Å². The highest BCUT2D eigenvalue weighted by molar-refractivity contribution is 6.33. The number of nitrogens with zero attached hydrogens (tertiary/aromatic N) is 2. The van der Waals surface area contributed by atoms with Crippen molar-refractivity contribution in [2.45, 2.75) is 32.1 Å². The predicted molar refractivity (Wildman–Crippen MR) is 111 cm³/mol. The van der Waals surface area contributed by atoms with Crippen molar-refractivity contribution in [2.24, 2.45) is 5.92 Å². The van der Waals surface area contributed by atoms with Gasteiger partial charge in [0.05, 0.1) is 16.3 Å². The minimum atomic E-state index is -4.56. The molecule has 33 heavy (non-hydrogen) atoms. The van der Waals surface area contributed by atoms with Crippen molar-refractivity contribution >= 4 is 29.0 Å². The summed E-state index contributed by atoms with van der Waals surface area (Å²) >= 11 is 5.99. The summed E-state index contributed by atoms with van der Waals surface area (Å²) in [5.41, 5.74) is -0.156. The molecule has 0 unspecified atom stereocenters. The fraction of sp³-hybridized carbons (Fsp3) is 0.429. The third-order valence-electron chi connectivity index (χ3n) is 5.10. The minimum absolute atomic E-state index is 0.0844. The van der Waals surface area contributed by atoms with Gasteiger partial charge in [0.1, 0.15) is 11.6 Å². The lowest BCUT2D eigenvalue weighted by molar-refractivity contribution is -0.153. The Bertz CT molecular complexity index is 1000. The number of halogens is 7. The molecule has 2 heterocycles. The molecule has 0 spiro atoms. The molecule has 2 aromatic rings. The van der Waals surface area contributed by atoms with Crippen molar-refractivity contribution in [2.75, 3.05) is 29.9 Å². The zero-order valence-corrected chi connectivity index (χ0v) is 18.1. The summed E-state index contributed by atoms with van der Waals surface area (Å²) in [6, 6.07) is 5.32. The number of amides is 1. The van der Waals surface area contributed by atoms with Crippen molar-refractivity contribution in [1.29, 1.82) is 0 Å². The number of hydrogen-bond donors (Lipinski definition) is 1. The molecule has 3 rings (SSSR count). The van der Waals surface area contributed by atoms with Crippen LogP contribution in [0.3, 0.4) is 0 Å². The maximum atomic E-state index is 12.8. The quantitative estimate of drug-likeness (QED) is 0.528. The number of nitrogens with one attached hydrogen (secondary N) is 1. The monoisotopic (exact) mass is 495 g/mol. The van der Waals surface area contributed by atoms with Crippen LogP contribution >= 0.6 is 11.6 Å². The Hall–Kier alpha value is -2.69. The molecule has 12 heteroatoms. The Labute approximate surface area is 190 Å². The van der Waals surface area contributed by atoms with Crippen LogP contribution in [0.1, 0.15) is 24.0 Å². The lowest BCUT2D eigenvalue weighted by Crippen LogP contribution is -2.38. The van der Waals surface area contributed by atoms with E-state index >= 15 is 0 Å². The number of pyridine rings is 1. The molecular weight excluding hydrogens is 476 g/mol. The van der Waals surface area contributed by atoms with E-state index in [2.05, 4.69) is 10.3 Å². The van der Waals surface area contributed by atoms with Gasteiger partial charge in [-0.15, -0.1) is 0 Å². The topological polar surface area (TPSA) is 54.5 Å². The molecule has 0 radical (unpaired) electrons. The van der Waals surface area contributed by atoms with Crippen LogP contribution < -0.4 is 15.0 Å². The Morgan fingerprint density at radius 2 is 1.85 bits per heavy atom. The first-order valence-corrected chi connectivity index (χ1v) is 10.3. The van der Waals surface area contributed by atoms with Gasteiger partial charge in [-0.1, -0.05) is 17.7 Å². The summed E-state index contributed by atoms with van der Waals surface area (Å²) in [5, 5.41) is 2.48. The normalized spacial score (nSPS) is 15.5. The van der Waals surface area contributed by atoms with Crippen LogP contribution in [0, 0.1) is 12.8 Å². The molecule has 1 fully saturated rings. The summed E-state index contributed by atoms with van der Waals surface area (Å²) in [6.07, 6.45) is -7.66. The van der Waals surface area contributed by atoms with E-state index in [1.165, 1.54) is 12.1 Å². The van der Waals surface area contributed by atoms with Crippen LogP contribution in [0.2, 0.25) is 5.02 Å². The molecule has 1 aliphatic rings. The maximum absolute atomic E-state index is 12.8. The highest BCUT2D eigenvalue weighted by Gasteiger charge is 2.33. The summed E-state index contributed by atoms with van der Waals surface area (Å²) in [5.74, 6) is -0.725. The first kappa shape index (κ1) is 24.9. The van der Waals surface area contributed by atoms with Gasteiger partial charge in [-0.05, 0) is 43.5 Å². The lowest BCUT2D eigenvalue weighted by atomic mass is 9.95. The molecule has 1 saturated heterocycles. The van der Waals surface area contributed by atoms with E-state index < -0.39 is 30.4 Å². The number of alkyl halides is 6. The van der Waals surface area contributed by atoms with E-state index in [0.29, 0.717) is 37.7 Å². The van der Waals surface area contributed by atoms with Gasteiger partial charge in [-0.2, -0.15) is 26.3 Å². The SMILES string of the molecule is Cc1ccc(NC(=O)C2CCN(c3ncc(C(F)(F)F)cc3Cl)CC2)c(OCC(F)(F)F)c1. The average Bonchev–Trinajstić information content (AvgIpc) is 2.72. The van der Waals surface area contributed by atoms with Crippen LogP contribution in [0.15, 0.2) is 30.5 Å². The fourth-order valence-electron chi connectivity index (χ4n) is 3.42. The largest absolute Gasteiger partial charge is 0.482 e. The number of benzene rings is 1. The van der Waals surface area contributed by atoms with E-state index in [-0.39, 0.29) is 28.2 Å². The number of ether oxygens (including phenoxy) is 1. The van der Waals surface area contributed by atoms with Crippen LogP contribution in [0.25, 0.3) is 0 Å². The van der Waals surface area contributed by atoms with Crippen LogP contribution in [-0.2, 0) is 11.0 Å². The standard InChI is InChI=1S/C21H20ClF6N3O2/c1-12-2-3-16(17(8-12)33-11-20(23,24)25)30-19(32)13-4-6-31(7-5-13)18-15(22)9-14(10-29-18)21(26,27)28/h2-3,8-10,13H,4-7,11H2,1H3,(H,30,32). The molecule has 0 atom stereocenters. The number of carbonyl (C=O) groups is 1. The minimum Gasteiger partial charge on any atom is -0.482 e. The fourth-order valence-corrected chi connectivity index (χ4v) is 3.70. The van der Waals surface area contributed by atoms with Crippen LogP contribution in [0.5, 0.6) is 5.75 Å². The Morgan fingerprint density at radius 1 is 1.18 bits per heavy atom. The predicted octanol–water partition coefficient (Wildman–Crippen LogP) is 5.86. The van der Waals surface area contributed by atoms with E-state index in [1.807, 2.05) is 0 Å². The summed E-state index contributed by atoms with van der Waals surface area (Å²) in [7, 11) is 0. The first-order valence-electron chi connectivity index (χ1n) is 9.92. The number of rotatable bonds is 5. The van der Waals surface area contributed by atoms with Gasteiger partial charge in [0.25, 0.3) is 0 Å². The third-order valence-corrected chi connectivity index (χ3v) is 5.38. The van der Waals surface area contributed by atoms with Gasteiger partial charge in [-0.25, -0.2) is 4.98 Å². The zero-order chi connectivity index (χ0) is 24.4. The molecule has 1 aromatic heterocycles. The molecule has 0 aliphatic carbocycles. The van der Waals surface area contributed by atoms with E-state index in [0.717, 1.165) is 6.07 Å². The molecule has 0 saturated carbocycles. The summed E-state index contributed by atoms with van der Waals surface area (Å²) in [6.45, 7) is 0.837.